The smallest absolute Gasteiger partial charge is 0.416 e. The lowest BCUT2D eigenvalue weighted by Crippen LogP contribution is -2.11. The molecule has 13 rings (SSSR count). The number of hydrogen-bond donors (Lipinski definition) is 4. The largest absolute Gasteiger partial charge is 0.495 e. The molecule has 1 aliphatic rings. The van der Waals surface area contributed by atoms with Crippen LogP contribution in [0, 0.1) is 55.6 Å². The van der Waals surface area contributed by atoms with Crippen LogP contribution in [0.1, 0.15) is 127 Å². The molecule has 0 amide bonds. The number of carboxylic acid groups (broad SMARTS) is 4. The van der Waals surface area contributed by atoms with Crippen molar-refractivity contribution in [1.82, 2.24) is 0 Å². The van der Waals surface area contributed by atoms with E-state index < -0.39 is 123 Å². The zero-order valence-electron chi connectivity index (χ0n) is 64.2. The standard InChI is InChI=1S/C22H19FO6S3.C22H16N2O4S2.C21H14N2O5S2.C20H14F4O5S2/c1-31(26,27)16-5-7-17(19-8-9-21(23)30-19)15(10-16)12-32(28,29)20-11-14(22(24)25)4-6-18(20)13-2-3-13;1-2-15-4-5-16(22(25)26)10-21(15)30(27,28)13-17-9-14(11-23)3-7-19(17)20-8-6-18(12-24)29-20;1-28-18-6-3-14(21(24)25)9-20(18)30(26,27)12-15-8-13(10-22)2-5-17(15)19-7-4-16(11-23)29-19;1-29-15-5-2-11(19(25)26)9-17(15)31(27,28)10-12-8-13(20(22,23)24)3-4-14(12)16-6-7-18(21)30-16/h4-11,13H,2-3,12H2,1H3,(H,24,25);3-10H,2,13H2,1H3,(H,25,26);2-9H,12H2,1H3,(H,24,25);2-9H,10H2,1H3,(H,25,26). The molecule has 0 bridgehead atoms. The summed E-state index contributed by atoms with van der Waals surface area (Å²) in [5.41, 5.74) is 2.40. The predicted octanol–water partition coefficient (Wildman–Crippen LogP) is 18.0. The number of carboxylic acids is 4. The Balaban J connectivity index is 0.000000172. The summed E-state index contributed by atoms with van der Waals surface area (Å²) >= 11 is 3.93. The van der Waals surface area contributed by atoms with E-state index in [0.29, 0.717) is 87.8 Å². The minimum absolute atomic E-state index is 0.0258. The molecule has 632 valence electrons. The number of hydrogen-bond acceptors (Lipinski definition) is 24. The SMILES string of the molecule is CCc1ccc(C(=O)O)cc1S(=O)(=O)Cc1cc(C#N)ccc1-c1ccc(C#N)s1.COc1ccc(C(=O)O)cc1S(=O)(=O)Cc1cc(C#N)ccc1-c1ccc(C#N)s1.COc1ccc(C(=O)O)cc1S(=O)(=O)Cc1cc(C(F)(F)F)ccc1-c1ccc(F)s1.CS(=O)(=O)c1ccc(-c2ccc(F)s2)c(CS(=O)(=O)c2cc(C(=O)O)ccc2C2CC2)c1. The molecule has 0 spiro atoms. The summed E-state index contributed by atoms with van der Waals surface area (Å²) in [5.74, 6) is -7.46. The molecule has 0 radical (unpaired) electrons. The van der Waals surface area contributed by atoms with Gasteiger partial charge in [-0.2, -0.15) is 43.0 Å². The molecule has 24 nitrogen and oxygen atoms in total. The minimum atomic E-state index is -4.72. The molecule has 4 N–H and O–H groups in total. The lowest BCUT2D eigenvalue weighted by atomic mass is 10.0. The fraction of sp³-hybridized carbons (Fsp3) is 0.153. The molecule has 4 heterocycles. The van der Waals surface area contributed by atoms with Gasteiger partial charge < -0.3 is 29.9 Å². The average Bonchev–Trinajstić information content (AvgIpc) is 1.77. The predicted molar refractivity (Wildman–Crippen MR) is 448 cm³/mol. The van der Waals surface area contributed by atoms with Gasteiger partial charge in [-0.1, -0.05) is 43.3 Å². The van der Waals surface area contributed by atoms with Gasteiger partial charge >= 0.3 is 30.1 Å². The number of rotatable bonds is 25. The number of methoxy groups -OCH3 is 2. The number of nitriles is 4. The van der Waals surface area contributed by atoms with Crippen molar-refractivity contribution in [3.05, 3.63) is 286 Å². The first-order valence-corrected chi connectivity index (χ1v) is 47.3. The number of aromatic carboxylic acids is 4. The van der Waals surface area contributed by atoms with E-state index in [1.807, 2.05) is 18.2 Å². The van der Waals surface area contributed by atoms with Gasteiger partial charge in [-0.05, 0) is 239 Å². The third kappa shape index (κ3) is 22.6. The Hall–Kier alpha value is -12.6. The van der Waals surface area contributed by atoms with Gasteiger partial charge in [0.2, 0.25) is 0 Å². The summed E-state index contributed by atoms with van der Waals surface area (Å²) in [4.78, 5) is 47.5. The molecule has 8 aromatic carbocycles. The van der Waals surface area contributed by atoms with Crippen LogP contribution < -0.4 is 9.47 Å². The number of aryl methyl sites for hydroxylation is 1. The van der Waals surface area contributed by atoms with Gasteiger partial charge in [-0.3, -0.25) is 0 Å². The highest BCUT2D eigenvalue weighted by atomic mass is 32.2. The first kappa shape index (κ1) is 92.7. The van der Waals surface area contributed by atoms with Gasteiger partial charge in [-0.15, -0.1) is 45.3 Å². The lowest BCUT2D eigenvalue weighted by molar-refractivity contribution is -0.137. The van der Waals surface area contributed by atoms with Crippen LogP contribution in [0.2, 0.25) is 0 Å². The van der Waals surface area contributed by atoms with Gasteiger partial charge in [0.05, 0.1) is 103 Å². The normalized spacial score (nSPS) is 12.1. The summed E-state index contributed by atoms with van der Waals surface area (Å²) in [6.07, 6.45) is -1.64. The topological polar surface area (TPSA) is 434 Å². The van der Waals surface area contributed by atoms with E-state index in [-0.39, 0.29) is 86.4 Å². The second-order valence-electron chi connectivity index (χ2n) is 26.9. The monoisotopic (exact) mass is 1840 g/mol. The van der Waals surface area contributed by atoms with Crippen molar-refractivity contribution in [2.45, 2.75) is 85.8 Å². The first-order valence-electron chi connectivity index (χ1n) is 35.5. The van der Waals surface area contributed by atoms with Crippen LogP contribution in [0.3, 0.4) is 0 Å². The van der Waals surface area contributed by atoms with E-state index in [2.05, 4.69) is 6.07 Å². The highest BCUT2D eigenvalue weighted by molar-refractivity contribution is 7.92. The Morgan fingerprint density at radius 2 is 0.756 bits per heavy atom. The number of alkyl halides is 3. The Labute approximate surface area is 717 Å². The molecule has 1 saturated carbocycles. The maximum atomic E-state index is 13.6. The third-order valence-corrected chi connectivity index (χ3v) is 30.3. The van der Waals surface area contributed by atoms with Gasteiger partial charge in [0.1, 0.15) is 43.2 Å². The van der Waals surface area contributed by atoms with Crippen LogP contribution in [0.4, 0.5) is 22.0 Å². The van der Waals surface area contributed by atoms with Gasteiger partial charge in [0.25, 0.3) is 0 Å². The number of nitrogens with zero attached hydrogens (tertiary/aromatic N) is 4. The summed E-state index contributed by atoms with van der Waals surface area (Å²) in [6.45, 7) is 1.80. The van der Waals surface area contributed by atoms with Crippen molar-refractivity contribution < 1.29 is 113 Å². The molecule has 0 aliphatic heterocycles. The van der Waals surface area contributed by atoms with Crippen LogP contribution >= 0.6 is 45.3 Å². The van der Waals surface area contributed by atoms with Crippen molar-refractivity contribution in [2.75, 3.05) is 20.5 Å². The van der Waals surface area contributed by atoms with E-state index in [0.717, 1.165) is 83.8 Å². The van der Waals surface area contributed by atoms with E-state index in [4.69, 9.17) is 25.1 Å². The van der Waals surface area contributed by atoms with Crippen LogP contribution in [0.25, 0.3) is 41.8 Å². The number of sulfone groups is 5. The molecule has 1 aliphatic carbocycles. The third-order valence-electron chi connectivity index (χ3n) is 18.6. The zero-order chi connectivity index (χ0) is 90.0. The van der Waals surface area contributed by atoms with Crippen molar-refractivity contribution in [2.24, 2.45) is 0 Å². The first-order chi connectivity index (χ1) is 57.9. The molecule has 123 heavy (non-hydrogen) atoms. The number of carbonyl (C=O) groups is 4. The quantitative estimate of drug-likeness (QED) is 0.0386. The molecule has 0 saturated heterocycles. The van der Waals surface area contributed by atoms with Crippen molar-refractivity contribution in [3.63, 3.8) is 0 Å². The number of ether oxygens (including phenoxy) is 2. The molecule has 38 heteroatoms. The highest BCUT2D eigenvalue weighted by Gasteiger charge is 2.35. The number of benzene rings is 8. The maximum Gasteiger partial charge on any atom is 0.416 e. The van der Waals surface area contributed by atoms with Crippen LogP contribution in [-0.4, -0.2) is 107 Å². The Morgan fingerprint density at radius 3 is 1.11 bits per heavy atom. The van der Waals surface area contributed by atoms with Gasteiger partial charge in [0.15, 0.2) is 59.4 Å². The molecule has 12 aromatic rings. The van der Waals surface area contributed by atoms with Crippen LogP contribution in [0.15, 0.2) is 219 Å². The maximum absolute atomic E-state index is 13.6. The van der Waals surface area contributed by atoms with Gasteiger partial charge in [0, 0.05) is 25.8 Å². The fourth-order valence-corrected chi connectivity index (χ4v) is 23.1. The van der Waals surface area contributed by atoms with Crippen molar-refractivity contribution in [1.29, 1.82) is 21.0 Å². The Morgan fingerprint density at radius 1 is 0.407 bits per heavy atom. The number of halogens is 5. The van der Waals surface area contributed by atoms with E-state index in [9.17, 15) is 109 Å². The van der Waals surface area contributed by atoms with E-state index >= 15 is 0 Å². The second-order valence-corrected chi connectivity index (χ2v) is 41.0. The molecular formula is C85H63F5N4O20S9. The summed E-state index contributed by atoms with van der Waals surface area (Å²) in [7, 11) is -17.4. The van der Waals surface area contributed by atoms with E-state index in [1.54, 1.807) is 55.5 Å². The lowest BCUT2D eigenvalue weighted by Gasteiger charge is -2.15. The molecule has 0 unspecified atom stereocenters. The summed E-state index contributed by atoms with van der Waals surface area (Å²) in [6, 6.07) is 51.2. The molecule has 1 fully saturated rings. The molecule has 4 aromatic heterocycles. The Bertz CT molecular complexity index is 6800. The zero-order valence-corrected chi connectivity index (χ0v) is 71.5. The van der Waals surface area contributed by atoms with Gasteiger partial charge in [-0.25, -0.2) is 61.3 Å². The fourth-order valence-electron chi connectivity index (χ4n) is 12.5. The van der Waals surface area contributed by atoms with E-state index in [1.165, 1.54) is 128 Å². The van der Waals surface area contributed by atoms with Crippen LogP contribution in [0.5, 0.6) is 11.5 Å². The molecular weight excluding hydrogens is 1780 g/mol. The van der Waals surface area contributed by atoms with Crippen molar-refractivity contribution >= 4 is 118 Å². The van der Waals surface area contributed by atoms with Crippen molar-refractivity contribution in [3.8, 4) is 77.5 Å². The summed E-state index contributed by atoms with van der Waals surface area (Å²) in [5, 5.41) is 72.6. The minimum Gasteiger partial charge on any atom is -0.495 e. The molecule has 0 atom stereocenters. The highest BCUT2D eigenvalue weighted by Crippen LogP contribution is 2.46. The summed E-state index contributed by atoms with van der Waals surface area (Å²) < 4.78 is 207. The number of thiophene rings is 4. The second kappa shape index (κ2) is 38.2. The average molecular weight is 1840 g/mol. The Kier molecular flexibility index (Phi) is 28.8. The van der Waals surface area contributed by atoms with Crippen LogP contribution in [-0.2, 0) is 84.8 Å².